The molecule has 144 valence electrons. The van der Waals surface area contributed by atoms with E-state index in [0.717, 1.165) is 27.0 Å². The van der Waals surface area contributed by atoms with Gasteiger partial charge in [-0.1, -0.05) is 42.1 Å². The molecule has 0 unspecified atom stereocenters. The van der Waals surface area contributed by atoms with Crippen LogP contribution in [0.5, 0.6) is 0 Å². The molecule has 0 bridgehead atoms. The first kappa shape index (κ1) is 20.1. The number of nitrogens with zero attached hydrogens (tertiary/aromatic N) is 1. The lowest BCUT2D eigenvalue weighted by molar-refractivity contribution is -0.142. The molecule has 1 N–H and O–H groups in total. The van der Waals surface area contributed by atoms with Gasteiger partial charge in [0.2, 0.25) is 0 Å². The highest BCUT2D eigenvalue weighted by Gasteiger charge is 2.10. The van der Waals surface area contributed by atoms with Crippen LogP contribution in [-0.4, -0.2) is 23.5 Å². The summed E-state index contributed by atoms with van der Waals surface area (Å²) in [5.41, 5.74) is 3.22. The second-order valence-electron chi connectivity index (χ2n) is 5.89. The predicted molar refractivity (Wildman–Crippen MR) is 113 cm³/mol. The fraction of sp³-hybridized carbons (Fsp3) is 0.190. The van der Waals surface area contributed by atoms with Crippen molar-refractivity contribution in [1.29, 1.82) is 0 Å². The molecular formula is C21H20N2O3S2. The number of para-hydroxylation sites is 1. The minimum absolute atomic E-state index is 0.131. The number of esters is 1. The number of hydrogen-bond donors (Lipinski definition) is 1. The molecule has 0 spiro atoms. The van der Waals surface area contributed by atoms with Gasteiger partial charge in [0, 0.05) is 22.4 Å². The van der Waals surface area contributed by atoms with Crippen LogP contribution >= 0.6 is 23.1 Å². The van der Waals surface area contributed by atoms with Crippen LogP contribution in [0.3, 0.4) is 0 Å². The Morgan fingerprint density at radius 3 is 2.57 bits per heavy atom. The van der Waals surface area contributed by atoms with Crippen molar-refractivity contribution in [1.82, 2.24) is 4.98 Å². The number of aromatic nitrogens is 1. The number of hydrogen-bond acceptors (Lipinski definition) is 6. The van der Waals surface area contributed by atoms with E-state index in [4.69, 9.17) is 4.74 Å². The number of anilines is 1. The third kappa shape index (κ3) is 5.94. The predicted octanol–water partition coefficient (Wildman–Crippen LogP) is 4.79. The van der Waals surface area contributed by atoms with Gasteiger partial charge in [-0.3, -0.25) is 9.59 Å². The number of amides is 1. The smallest absolute Gasteiger partial charge is 0.311 e. The summed E-state index contributed by atoms with van der Waals surface area (Å²) in [6, 6.07) is 16.9. The zero-order chi connectivity index (χ0) is 19.8. The summed E-state index contributed by atoms with van der Waals surface area (Å²) in [7, 11) is 0. The summed E-state index contributed by atoms with van der Waals surface area (Å²) < 4.78 is 5.85. The number of carbonyl (C=O) groups is 2. The number of benzene rings is 2. The van der Waals surface area contributed by atoms with Crippen LogP contribution in [0.25, 0.3) is 0 Å². The van der Waals surface area contributed by atoms with Gasteiger partial charge in [-0.2, -0.15) is 0 Å². The Kier molecular flexibility index (Phi) is 7.22. The van der Waals surface area contributed by atoms with E-state index in [-0.39, 0.29) is 18.3 Å². The van der Waals surface area contributed by atoms with Crippen molar-refractivity contribution in [3.63, 3.8) is 0 Å². The minimum atomic E-state index is -0.256. The summed E-state index contributed by atoms with van der Waals surface area (Å²) in [6.07, 6.45) is 0.204. The second-order valence-corrected chi connectivity index (χ2v) is 7.97. The standard InChI is InChI=1S/C21H20N2O3S2/c1-2-26-19(24)12-18-14-28-21(23-18)27-13-15-8-10-16(11-9-15)20(25)22-17-6-4-3-5-7-17/h3-11,14H,2,12-13H2,1H3,(H,22,25). The van der Waals surface area contributed by atoms with Gasteiger partial charge in [-0.15, -0.1) is 11.3 Å². The maximum Gasteiger partial charge on any atom is 0.311 e. The Balaban J connectivity index is 1.51. The van der Waals surface area contributed by atoms with Crippen molar-refractivity contribution in [2.45, 2.75) is 23.4 Å². The summed E-state index contributed by atoms with van der Waals surface area (Å²) in [6.45, 7) is 2.17. The molecule has 0 atom stereocenters. The minimum Gasteiger partial charge on any atom is -0.466 e. The van der Waals surface area contributed by atoms with Crippen LogP contribution in [0.4, 0.5) is 5.69 Å². The maximum absolute atomic E-state index is 12.3. The molecule has 1 amide bonds. The van der Waals surface area contributed by atoms with E-state index in [0.29, 0.717) is 12.2 Å². The summed E-state index contributed by atoms with van der Waals surface area (Å²) in [4.78, 5) is 28.2. The Hall–Kier alpha value is -2.64. The third-order valence-corrected chi connectivity index (χ3v) is 5.91. The number of thioether (sulfide) groups is 1. The molecule has 3 rings (SSSR count). The summed E-state index contributed by atoms with van der Waals surface area (Å²) >= 11 is 3.12. The van der Waals surface area contributed by atoms with Crippen LogP contribution in [-0.2, 0) is 21.7 Å². The third-order valence-electron chi connectivity index (χ3n) is 3.77. The molecule has 0 saturated carbocycles. The molecule has 0 radical (unpaired) electrons. The molecule has 0 aliphatic heterocycles. The van der Waals surface area contributed by atoms with Crippen molar-refractivity contribution < 1.29 is 14.3 Å². The highest BCUT2D eigenvalue weighted by Crippen LogP contribution is 2.26. The first-order valence-electron chi connectivity index (χ1n) is 8.82. The van der Waals surface area contributed by atoms with E-state index in [1.54, 1.807) is 18.7 Å². The quantitative estimate of drug-likeness (QED) is 0.425. The van der Waals surface area contributed by atoms with E-state index in [9.17, 15) is 9.59 Å². The van der Waals surface area contributed by atoms with Gasteiger partial charge in [-0.05, 0) is 36.8 Å². The maximum atomic E-state index is 12.3. The fourth-order valence-corrected chi connectivity index (χ4v) is 4.22. The lowest BCUT2D eigenvalue weighted by Crippen LogP contribution is -2.11. The first-order chi connectivity index (χ1) is 13.6. The molecule has 1 heterocycles. The topological polar surface area (TPSA) is 68.3 Å². The molecule has 1 aromatic heterocycles. The van der Waals surface area contributed by atoms with Crippen LogP contribution in [0.2, 0.25) is 0 Å². The largest absolute Gasteiger partial charge is 0.466 e. The zero-order valence-corrected chi connectivity index (χ0v) is 17.0. The highest BCUT2D eigenvalue weighted by atomic mass is 32.2. The average Bonchev–Trinajstić information content (AvgIpc) is 3.15. The van der Waals surface area contributed by atoms with Gasteiger partial charge in [0.15, 0.2) is 0 Å². The molecule has 0 aliphatic carbocycles. The van der Waals surface area contributed by atoms with Gasteiger partial charge in [-0.25, -0.2) is 4.98 Å². The lowest BCUT2D eigenvalue weighted by atomic mass is 10.1. The Bertz CT molecular complexity index is 924. The Labute approximate surface area is 172 Å². The van der Waals surface area contributed by atoms with Crippen LogP contribution in [0, 0.1) is 0 Å². The molecular weight excluding hydrogens is 392 g/mol. The Morgan fingerprint density at radius 1 is 1.11 bits per heavy atom. The number of carbonyl (C=O) groups excluding carboxylic acids is 2. The van der Waals surface area contributed by atoms with E-state index in [1.807, 2.05) is 60.0 Å². The van der Waals surface area contributed by atoms with Gasteiger partial charge in [0.1, 0.15) is 4.34 Å². The van der Waals surface area contributed by atoms with Crippen LogP contribution < -0.4 is 5.32 Å². The van der Waals surface area contributed by atoms with Gasteiger partial charge < -0.3 is 10.1 Å². The fourth-order valence-electron chi connectivity index (χ4n) is 2.42. The molecule has 0 fully saturated rings. The molecule has 3 aromatic rings. The van der Waals surface area contributed by atoms with Gasteiger partial charge in [0.25, 0.3) is 5.91 Å². The van der Waals surface area contributed by atoms with E-state index < -0.39 is 0 Å². The summed E-state index contributed by atoms with van der Waals surface area (Å²) in [5, 5.41) is 4.76. The lowest BCUT2D eigenvalue weighted by Gasteiger charge is -2.06. The van der Waals surface area contributed by atoms with Crippen molar-refractivity contribution in [3.8, 4) is 0 Å². The van der Waals surface area contributed by atoms with Gasteiger partial charge in [0.05, 0.1) is 18.7 Å². The molecule has 28 heavy (non-hydrogen) atoms. The second kappa shape index (κ2) is 10.1. The monoisotopic (exact) mass is 412 g/mol. The van der Waals surface area contributed by atoms with Crippen molar-refractivity contribution in [2.75, 3.05) is 11.9 Å². The number of nitrogens with one attached hydrogen (secondary N) is 1. The average molecular weight is 413 g/mol. The summed E-state index contributed by atoms with van der Waals surface area (Å²) in [5.74, 6) is 0.357. The molecule has 5 nitrogen and oxygen atoms in total. The first-order valence-corrected chi connectivity index (χ1v) is 10.7. The van der Waals surface area contributed by atoms with Crippen molar-refractivity contribution >= 4 is 40.7 Å². The van der Waals surface area contributed by atoms with Crippen LogP contribution in [0.1, 0.15) is 28.5 Å². The number of ether oxygens (including phenoxy) is 1. The normalized spacial score (nSPS) is 10.5. The van der Waals surface area contributed by atoms with Crippen LogP contribution in [0.15, 0.2) is 64.3 Å². The van der Waals surface area contributed by atoms with E-state index in [2.05, 4.69) is 10.3 Å². The van der Waals surface area contributed by atoms with Gasteiger partial charge >= 0.3 is 5.97 Å². The van der Waals surface area contributed by atoms with E-state index in [1.165, 1.54) is 11.3 Å². The number of rotatable bonds is 8. The molecule has 0 aliphatic rings. The Morgan fingerprint density at radius 2 is 1.86 bits per heavy atom. The highest BCUT2D eigenvalue weighted by molar-refractivity contribution is 8.00. The molecule has 7 heteroatoms. The van der Waals surface area contributed by atoms with Crippen molar-refractivity contribution in [3.05, 3.63) is 76.8 Å². The molecule has 0 saturated heterocycles. The number of thiazole rings is 1. The SMILES string of the molecule is CCOC(=O)Cc1csc(SCc2ccc(C(=O)Nc3ccccc3)cc2)n1. The van der Waals surface area contributed by atoms with E-state index >= 15 is 0 Å². The molecule has 2 aromatic carbocycles. The van der Waals surface area contributed by atoms with Crippen molar-refractivity contribution in [2.24, 2.45) is 0 Å². The zero-order valence-electron chi connectivity index (χ0n) is 15.4.